The Kier molecular flexibility index (Phi) is 23.9. The maximum atomic E-state index is 12.6. The van der Waals surface area contributed by atoms with Crippen molar-refractivity contribution < 1.29 is 34.4 Å². The number of aliphatic hydroxyl groups excluding tert-OH is 3. The Bertz CT molecular complexity index is 3600. The number of aliphatic hydroxyl groups is 3. The molecule has 0 heterocycles. The van der Waals surface area contributed by atoms with Crippen molar-refractivity contribution >= 4 is 17.9 Å². The van der Waals surface area contributed by atoms with Crippen LogP contribution in [0.2, 0.25) is 0 Å². The number of hydrogen-bond donors (Lipinski definition) is 4. The van der Waals surface area contributed by atoms with Gasteiger partial charge in [-0.1, -0.05) is 163 Å². The number of hydrogen-bond acceptors (Lipinski definition) is 7. The molecule has 588 valence electrons. The zero-order chi connectivity index (χ0) is 75.4. The largest absolute Gasteiger partial charge is 0.446 e. The van der Waals surface area contributed by atoms with Gasteiger partial charge in [0.15, 0.2) is 0 Å². The minimum Gasteiger partial charge on any atom is -0.446 e. The number of anilines is 1. The van der Waals surface area contributed by atoms with Gasteiger partial charge in [-0.25, -0.2) is 9.59 Å². The first-order valence-corrected chi connectivity index (χ1v) is 44.3. The highest BCUT2D eigenvalue weighted by Crippen LogP contribution is 2.72. The number of fused-ring (bicyclic) bond motifs is 15. The van der Waals surface area contributed by atoms with Crippen LogP contribution in [0, 0.1) is 148 Å². The Morgan fingerprint density at radius 1 is 0.402 bits per heavy atom. The van der Waals surface area contributed by atoms with Crippen molar-refractivity contribution in [2.24, 2.45) is 127 Å². The van der Waals surface area contributed by atoms with Crippen LogP contribution in [-0.2, 0) is 28.7 Å². The molecule has 9 nitrogen and oxygen atoms in total. The topological polar surface area (TPSA) is 129 Å². The van der Waals surface area contributed by atoms with E-state index >= 15 is 0 Å². The van der Waals surface area contributed by atoms with E-state index in [0.717, 1.165) is 141 Å². The second-order valence-electron chi connectivity index (χ2n) is 40.8. The second kappa shape index (κ2) is 32.4. The SMILES string of the molecule is Cc1ccc(CC[C@@H](O)[C@H]2CC[C@H]3[C@@H]4CC[C@H]5C[C@@H](C)CC[C@]5(C)[C@H]4CC[C@]23C)cc1.Cc1ccc(CC[C@@H](O)[C@H]2CC[C@H]3[C@@H]4CC[C@H]5C[C@@H](OC(=O)N(C)C)CC[C@]5(C)[C@H]4CC[C@]23C)cc1.Cc1ccc(CC[C@@H](O)[C@H]2CC[C@H]3[C@@H]4CC[C@H]5C[C@@H](OC(=O)Nc6ccccc6)CC[C@]5(C)[C@H]4CC[C@]23C)cc1. The predicted molar refractivity (Wildman–Crippen MR) is 436 cm³/mol. The molecule has 0 saturated heterocycles. The molecule has 0 unspecified atom stereocenters. The molecule has 4 aromatic rings. The second-order valence-corrected chi connectivity index (χ2v) is 40.8. The molecule has 2 amide bonds. The van der Waals surface area contributed by atoms with Crippen LogP contribution in [0.5, 0.6) is 0 Å². The smallest absolute Gasteiger partial charge is 0.411 e. The van der Waals surface area contributed by atoms with Gasteiger partial charge in [0, 0.05) is 19.8 Å². The molecule has 12 aliphatic carbocycles. The van der Waals surface area contributed by atoms with Crippen LogP contribution in [0.3, 0.4) is 0 Å². The van der Waals surface area contributed by atoms with Crippen molar-refractivity contribution in [3.05, 3.63) is 137 Å². The first-order valence-electron chi connectivity index (χ1n) is 44.3. The van der Waals surface area contributed by atoms with Crippen LogP contribution in [0.4, 0.5) is 15.3 Å². The van der Waals surface area contributed by atoms with Crippen molar-refractivity contribution in [2.75, 3.05) is 19.4 Å². The first kappa shape index (κ1) is 79.0. The van der Waals surface area contributed by atoms with Crippen LogP contribution in [0.25, 0.3) is 0 Å². The summed E-state index contributed by atoms with van der Waals surface area (Å²) in [4.78, 5) is 26.3. The Hall–Kier alpha value is -4.70. The number of amides is 2. The number of nitrogens with zero attached hydrogens (tertiary/aromatic N) is 1. The zero-order valence-corrected chi connectivity index (χ0v) is 68.7. The Morgan fingerprint density at radius 3 is 1.09 bits per heavy atom. The van der Waals surface area contributed by atoms with Gasteiger partial charge < -0.3 is 29.7 Å². The molecule has 12 aliphatic rings. The fourth-order valence-electron chi connectivity index (χ4n) is 29.0. The molecule has 12 fully saturated rings. The Labute approximate surface area is 648 Å². The molecule has 0 radical (unpaired) electrons. The molecule has 27 atom stereocenters. The number of aryl methyl sites for hydroxylation is 6. The monoisotopic (exact) mass is 1460 g/mol. The zero-order valence-electron chi connectivity index (χ0n) is 68.7. The molecule has 0 spiro atoms. The van der Waals surface area contributed by atoms with Gasteiger partial charge >= 0.3 is 12.2 Å². The molecule has 4 aromatic carbocycles. The third kappa shape index (κ3) is 15.9. The van der Waals surface area contributed by atoms with Crippen molar-refractivity contribution in [1.82, 2.24) is 4.90 Å². The third-order valence-corrected chi connectivity index (χ3v) is 35.3. The van der Waals surface area contributed by atoms with E-state index in [4.69, 9.17) is 9.47 Å². The van der Waals surface area contributed by atoms with Gasteiger partial charge in [0.25, 0.3) is 0 Å². The Morgan fingerprint density at radius 2 is 0.729 bits per heavy atom. The van der Waals surface area contributed by atoms with Gasteiger partial charge in [-0.3, -0.25) is 5.32 Å². The van der Waals surface area contributed by atoms with E-state index in [1.165, 1.54) is 175 Å². The quantitative estimate of drug-likeness (QED) is 0.0933. The van der Waals surface area contributed by atoms with Crippen LogP contribution >= 0.6 is 0 Å². The molecule has 107 heavy (non-hydrogen) atoms. The molecular formula is C98H144N2O7. The third-order valence-electron chi connectivity index (χ3n) is 35.3. The van der Waals surface area contributed by atoms with E-state index in [1.807, 2.05) is 30.3 Å². The Balaban J connectivity index is 0.000000136. The highest BCUT2D eigenvalue weighted by Gasteiger charge is 2.65. The van der Waals surface area contributed by atoms with Crippen LogP contribution in [-0.4, -0.2) is 77.0 Å². The molecule has 16 rings (SSSR count). The number of nitrogens with one attached hydrogen (secondary N) is 1. The van der Waals surface area contributed by atoms with E-state index < -0.39 is 0 Å². The van der Waals surface area contributed by atoms with Gasteiger partial charge in [-0.2, -0.15) is 0 Å². The summed E-state index contributed by atoms with van der Waals surface area (Å²) in [6, 6.07) is 36.1. The average Bonchev–Trinajstić information content (AvgIpc) is 1.69. The highest BCUT2D eigenvalue weighted by molar-refractivity contribution is 5.84. The highest BCUT2D eigenvalue weighted by atomic mass is 16.6. The minimum atomic E-state index is -0.320. The predicted octanol–water partition coefficient (Wildman–Crippen LogP) is 23.2. The van der Waals surface area contributed by atoms with E-state index in [2.05, 4.69) is 147 Å². The normalized spacial score (nSPS) is 40.8. The molecule has 12 saturated carbocycles. The lowest BCUT2D eigenvalue weighted by Crippen LogP contribution is -2.54. The van der Waals surface area contributed by atoms with Crippen molar-refractivity contribution in [1.29, 1.82) is 0 Å². The van der Waals surface area contributed by atoms with E-state index in [9.17, 15) is 24.9 Å². The molecule has 4 N–H and O–H groups in total. The van der Waals surface area contributed by atoms with Crippen molar-refractivity contribution in [3.8, 4) is 0 Å². The van der Waals surface area contributed by atoms with Gasteiger partial charge in [0.1, 0.15) is 12.2 Å². The summed E-state index contributed by atoms with van der Waals surface area (Å²) in [7, 11) is 3.54. The summed E-state index contributed by atoms with van der Waals surface area (Å²) in [5.74, 6) is 12.1. The number of para-hydroxylation sites is 1. The van der Waals surface area contributed by atoms with Crippen LogP contribution in [0.15, 0.2) is 103 Å². The van der Waals surface area contributed by atoms with Gasteiger partial charge in [-0.05, 0) is 382 Å². The number of carbonyl (C=O) groups is 2. The number of benzene rings is 4. The summed E-state index contributed by atoms with van der Waals surface area (Å²) in [5, 5.41) is 37.1. The van der Waals surface area contributed by atoms with Gasteiger partial charge in [-0.15, -0.1) is 0 Å². The number of rotatable bonds is 15. The number of carbonyl (C=O) groups excluding carboxylic acids is 2. The van der Waals surface area contributed by atoms with Crippen LogP contribution < -0.4 is 5.32 Å². The fourth-order valence-corrected chi connectivity index (χ4v) is 29.0. The maximum absolute atomic E-state index is 12.6. The van der Waals surface area contributed by atoms with Crippen LogP contribution in [0.1, 0.15) is 274 Å². The van der Waals surface area contributed by atoms with Crippen molar-refractivity contribution in [2.45, 2.75) is 312 Å². The van der Waals surface area contributed by atoms with Crippen molar-refractivity contribution in [3.63, 3.8) is 0 Å². The lowest BCUT2D eigenvalue weighted by molar-refractivity contribution is -0.134. The average molecular weight is 1460 g/mol. The molecule has 0 bridgehead atoms. The maximum Gasteiger partial charge on any atom is 0.411 e. The summed E-state index contributed by atoms with van der Waals surface area (Å²) < 4.78 is 11.8. The van der Waals surface area contributed by atoms with E-state index in [0.29, 0.717) is 51.2 Å². The summed E-state index contributed by atoms with van der Waals surface area (Å²) in [5.41, 5.74) is 11.1. The fraction of sp³-hybridized carbons (Fsp3) is 0.735. The van der Waals surface area contributed by atoms with E-state index in [-0.39, 0.29) is 53.5 Å². The lowest BCUT2D eigenvalue weighted by Gasteiger charge is -2.61. The standard InChI is InChI=1S/C36H49NO3.C32H49NO3.C30H46O/c1-24-9-11-25(12-10-24)13-18-33(38)32-17-16-30-29-15-14-26-23-28(40-34(39)37-27-7-5-4-6-8-27)19-21-35(26,2)31(29)20-22-36(30,32)3;1-21-6-8-22(9-7-21)10-15-29(34)28-14-13-26-25-12-11-23-20-24(36-30(35)33(4)5)16-18-31(23,2)27(25)17-19-32(26,28)3;1-20-5-7-22(8-6-20)9-14-28(31)27-13-12-25-24-11-10-23-19-21(2)15-17-29(23,3)26(24)16-18-30(25,27)4/h4-12,26,28-33,38H,13-23H2,1-3H3,(H,37,39);6-9,23-29,34H,10-20H2,1-5H3;5-8,21,23-28,31H,9-19H2,1-4H3/t26-,28-,29-,30-,31-,32+,33+,35-,36-;23-,24-,25-,26-,27-,28+,29+,31-,32-;21-,23-,24-,25-,26-,27+,28+,29-,30-/m000/s1. The summed E-state index contributed by atoms with van der Waals surface area (Å²) in [6.07, 6.45) is 39.2. The molecule has 0 aromatic heterocycles. The van der Waals surface area contributed by atoms with Gasteiger partial charge in [0.05, 0.1) is 18.3 Å². The summed E-state index contributed by atoms with van der Waals surface area (Å²) >= 11 is 0. The number of ether oxygens (including phenoxy) is 2. The summed E-state index contributed by atoms with van der Waals surface area (Å²) in [6.45, 7) is 24.4. The minimum absolute atomic E-state index is 0.0201. The molecular weight excluding hydrogens is 1320 g/mol. The van der Waals surface area contributed by atoms with E-state index in [1.54, 1.807) is 19.0 Å². The molecule has 0 aliphatic heterocycles. The van der Waals surface area contributed by atoms with Gasteiger partial charge in [0.2, 0.25) is 0 Å². The first-order chi connectivity index (χ1) is 51.2. The molecule has 9 heteroatoms. The lowest BCUT2D eigenvalue weighted by atomic mass is 9.44.